The van der Waals surface area contributed by atoms with Gasteiger partial charge in [0.15, 0.2) is 5.78 Å². The van der Waals surface area contributed by atoms with Crippen molar-refractivity contribution in [1.82, 2.24) is 0 Å². The van der Waals surface area contributed by atoms with Crippen LogP contribution in [0.2, 0.25) is 0 Å². The molecule has 0 aliphatic carbocycles. The number of hydrogen-bond acceptors (Lipinski definition) is 3. The van der Waals surface area contributed by atoms with Gasteiger partial charge in [0.1, 0.15) is 5.75 Å². The third-order valence-corrected chi connectivity index (χ3v) is 3.14. The second kappa shape index (κ2) is 7.98. The van der Waals surface area contributed by atoms with E-state index < -0.39 is 0 Å². The van der Waals surface area contributed by atoms with Crippen LogP contribution in [-0.4, -0.2) is 18.3 Å². The van der Waals surface area contributed by atoms with Crippen molar-refractivity contribution in [2.75, 3.05) is 11.9 Å². The molecule has 0 aliphatic rings. The number of para-hydroxylation sites is 1. The molecule has 114 valence electrons. The molecular weight excluding hydrogens is 278 g/mol. The lowest BCUT2D eigenvalue weighted by atomic mass is 10.1. The molecule has 0 radical (unpaired) electrons. The summed E-state index contributed by atoms with van der Waals surface area (Å²) in [6, 6.07) is 16.4. The first-order valence-electron chi connectivity index (χ1n) is 7.24. The first-order valence-corrected chi connectivity index (χ1v) is 7.24. The van der Waals surface area contributed by atoms with E-state index in [2.05, 4.69) is 5.32 Å². The summed E-state index contributed by atoms with van der Waals surface area (Å²) < 4.78 is 5.53. The second-order valence-electron chi connectivity index (χ2n) is 4.95. The van der Waals surface area contributed by atoms with Crippen molar-refractivity contribution in [3.05, 3.63) is 60.2 Å². The van der Waals surface area contributed by atoms with Crippen LogP contribution in [0.1, 0.15) is 30.1 Å². The fourth-order valence-electron chi connectivity index (χ4n) is 1.95. The number of ether oxygens (including phenoxy) is 1. The SMILES string of the molecule is CC(=O)c1ccc(NC(=O)CCCOc2ccccc2)cc1. The predicted octanol–water partition coefficient (Wildman–Crippen LogP) is 3.69. The quantitative estimate of drug-likeness (QED) is 0.626. The summed E-state index contributed by atoms with van der Waals surface area (Å²) in [6.45, 7) is 2.01. The number of Topliss-reactive ketones (excluding diaryl/α,β-unsaturated/α-hetero) is 1. The largest absolute Gasteiger partial charge is 0.494 e. The maximum atomic E-state index is 11.8. The summed E-state index contributed by atoms with van der Waals surface area (Å²) in [4.78, 5) is 23.0. The van der Waals surface area contributed by atoms with Gasteiger partial charge in [-0.3, -0.25) is 9.59 Å². The van der Waals surface area contributed by atoms with Gasteiger partial charge in [0.25, 0.3) is 0 Å². The van der Waals surface area contributed by atoms with Gasteiger partial charge >= 0.3 is 0 Å². The van der Waals surface area contributed by atoms with Gasteiger partial charge in [0, 0.05) is 17.7 Å². The molecule has 22 heavy (non-hydrogen) atoms. The molecule has 2 aromatic carbocycles. The van der Waals surface area contributed by atoms with E-state index in [9.17, 15) is 9.59 Å². The van der Waals surface area contributed by atoms with E-state index in [1.54, 1.807) is 24.3 Å². The van der Waals surface area contributed by atoms with Crippen LogP contribution < -0.4 is 10.1 Å². The van der Waals surface area contributed by atoms with Crippen LogP contribution >= 0.6 is 0 Å². The van der Waals surface area contributed by atoms with Crippen molar-refractivity contribution >= 4 is 17.4 Å². The lowest BCUT2D eigenvalue weighted by molar-refractivity contribution is -0.116. The van der Waals surface area contributed by atoms with Crippen LogP contribution in [0.25, 0.3) is 0 Å². The van der Waals surface area contributed by atoms with Gasteiger partial charge in [-0.15, -0.1) is 0 Å². The molecule has 2 rings (SSSR count). The topological polar surface area (TPSA) is 55.4 Å². The Hall–Kier alpha value is -2.62. The Morgan fingerprint density at radius 3 is 2.32 bits per heavy atom. The van der Waals surface area contributed by atoms with Crippen LogP contribution in [0.15, 0.2) is 54.6 Å². The fraction of sp³-hybridized carbons (Fsp3) is 0.222. The Kier molecular flexibility index (Phi) is 5.72. The van der Waals surface area contributed by atoms with E-state index in [0.29, 0.717) is 30.7 Å². The molecule has 2 aromatic rings. The minimum absolute atomic E-state index is 0.0101. The van der Waals surface area contributed by atoms with E-state index >= 15 is 0 Å². The van der Waals surface area contributed by atoms with Crippen LogP contribution in [0.4, 0.5) is 5.69 Å². The Morgan fingerprint density at radius 1 is 1.00 bits per heavy atom. The zero-order valence-corrected chi connectivity index (χ0v) is 12.5. The van der Waals surface area contributed by atoms with Gasteiger partial charge in [-0.25, -0.2) is 0 Å². The van der Waals surface area contributed by atoms with E-state index in [-0.39, 0.29) is 11.7 Å². The van der Waals surface area contributed by atoms with E-state index in [0.717, 1.165) is 5.75 Å². The average Bonchev–Trinajstić information content (AvgIpc) is 2.53. The van der Waals surface area contributed by atoms with Gasteiger partial charge in [-0.2, -0.15) is 0 Å². The number of benzene rings is 2. The van der Waals surface area contributed by atoms with Gasteiger partial charge in [-0.05, 0) is 49.7 Å². The number of nitrogens with one attached hydrogen (secondary N) is 1. The fourth-order valence-corrected chi connectivity index (χ4v) is 1.95. The second-order valence-corrected chi connectivity index (χ2v) is 4.95. The Labute approximate surface area is 130 Å². The molecule has 0 bridgehead atoms. The lowest BCUT2D eigenvalue weighted by Crippen LogP contribution is -2.12. The highest BCUT2D eigenvalue weighted by Gasteiger charge is 2.04. The van der Waals surface area contributed by atoms with Crippen molar-refractivity contribution in [2.24, 2.45) is 0 Å². The number of hydrogen-bond donors (Lipinski definition) is 1. The highest BCUT2D eigenvalue weighted by Crippen LogP contribution is 2.11. The zero-order chi connectivity index (χ0) is 15.8. The molecule has 0 atom stereocenters. The van der Waals surface area contributed by atoms with Crippen molar-refractivity contribution in [3.63, 3.8) is 0 Å². The summed E-state index contributed by atoms with van der Waals surface area (Å²) in [7, 11) is 0. The minimum Gasteiger partial charge on any atom is -0.494 e. The summed E-state index contributed by atoms with van der Waals surface area (Å²) in [6.07, 6.45) is 1.04. The maximum Gasteiger partial charge on any atom is 0.224 e. The van der Waals surface area contributed by atoms with Crippen LogP contribution in [-0.2, 0) is 4.79 Å². The lowest BCUT2D eigenvalue weighted by Gasteiger charge is -2.07. The summed E-state index contributed by atoms with van der Waals surface area (Å²) in [5.41, 5.74) is 1.33. The van der Waals surface area contributed by atoms with E-state index in [1.165, 1.54) is 6.92 Å². The first kappa shape index (κ1) is 15.8. The number of ketones is 1. The minimum atomic E-state index is -0.0627. The van der Waals surface area contributed by atoms with Crippen molar-refractivity contribution in [3.8, 4) is 5.75 Å². The molecule has 0 fully saturated rings. The van der Waals surface area contributed by atoms with Crippen molar-refractivity contribution in [1.29, 1.82) is 0 Å². The maximum absolute atomic E-state index is 11.8. The first-order chi connectivity index (χ1) is 10.6. The molecule has 0 saturated heterocycles. The standard InChI is InChI=1S/C18H19NO3/c1-14(20)15-9-11-16(12-10-15)19-18(21)8-5-13-22-17-6-3-2-4-7-17/h2-4,6-7,9-12H,5,8,13H2,1H3,(H,19,21). The molecule has 0 aromatic heterocycles. The number of carbonyl (C=O) groups excluding carboxylic acids is 2. The molecule has 0 spiro atoms. The average molecular weight is 297 g/mol. The molecule has 0 unspecified atom stereocenters. The molecular formula is C18H19NO3. The van der Waals surface area contributed by atoms with Crippen molar-refractivity contribution < 1.29 is 14.3 Å². The van der Waals surface area contributed by atoms with Crippen LogP contribution in [0.5, 0.6) is 5.75 Å². The van der Waals surface area contributed by atoms with Gasteiger partial charge in [0.2, 0.25) is 5.91 Å². The Morgan fingerprint density at radius 2 is 1.68 bits per heavy atom. The molecule has 4 nitrogen and oxygen atoms in total. The smallest absolute Gasteiger partial charge is 0.224 e. The summed E-state index contributed by atoms with van der Waals surface area (Å²) in [5.74, 6) is 0.755. The molecule has 0 heterocycles. The zero-order valence-electron chi connectivity index (χ0n) is 12.5. The number of amides is 1. The van der Waals surface area contributed by atoms with E-state index in [1.807, 2.05) is 30.3 Å². The van der Waals surface area contributed by atoms with E-state index in [4.69, 9.17) is 4.74 Å². The molecule has 1 N–H and O–H groups in total. The van der Waals surface area contributed by atoms with Crippen LogP contribution in [0, 0.1) is 0 Å². The molecule has 4 heteroatoms. The number of carbonyl (C=O) groups is 2. The summed E-state index contributed by atoms with van der Waals surface area (Å²) >= 11 is 0. The summed E-state index contributed by atoms with van der Waals surface area (Å²) in [5, 5.41) is 2.80. The van der Waals surface area contributed by atoms with Crippen LogP contribution in [0.3, 0.4) is 0 Å². The Balaban J connectivity index is 1.70. The third kappa shape index (κ3) is 5.05. The monoisotopic (exact) mass is 297 g/mol. The Bertz CT molecular complexity index is 621. The number of anilines is 1. The normalized spacial score (nSPS) is 10.0. The highest BCUT2D eigenvalue weighted by atomic mass is 16.5. The molecule has 1 amide bonds. The van der Waals surface area contributed by atoms with Crippen molar-refractivity contribution in [2.45, 2.75) is 19.8 Å². The van der Waals surface area contributed by atoms with Gasteiger partial charge in [0.05, 0.1) is 6.61 Å². The predicted molar refractivity (Wildman–Crippen MR) is 86.2 cm³/mol. The van der Waals surface area contributed by atoms with Gasteiger partial charge in [-0.1, -0.05) is 18.2 Å². The van der Waals surface area contributed by atoms with Gasteiger partial charge < -0.3 is 10.1 Å². The highest BCUT2D eigenvalue weighted by molar-refractivity contribution is 5.95. The third-order valence-electron chi connectivity index (χ3n) is 3.14. The molecule has 0 saturated carbocycles. The molecule has 0 aliphatic heterocycles. The number of rotatable bonds is 7.